The van der Waals surface area contributed by atoms with Gasteiger partial charge in [0, 0.05) is 29.7 Å². The predicted molar refractivity (Wildman–Crippen MR) is 105 cm³/mol. The first-order chi connectivity index (χ1) is 15.1. The van der Waals surface area contributed by atoms with E-state index < -0.39 is 55.1 Å². The first-order valence-electron chi connectivity index (χ1n) is 9.78. The molecule has 0 saturated carbocycles. The molecule has 168 valence electrons. The minimum Gasteiger partial charge on any atom is -0.391 e. The summed E-state index contributed by atoms with van der Waals surface area (Å²) in [5.41, 5.74) is -2.00. The molecule has 32 heavy (non-hydrogen) atoms. The second-order valence-electron chi connectivity index (χ2n) is 7.78. The number of carbonyl (C=O) groups excluding carboxylic acids is 3. The molecule has 1 amide bonds. The number of carbonyl (C=O) groups is 3. The summed E-state index contributed by atoms with van der Waals surface area (Å²) in [4.78, 5) is 36.2. The molecule has 2 N–H and O–H groups in total. The van der Waals surface area contributed by atoms with Gasteiger partial charge in [0.2, 0.25) is 0 Å². The van der Waals surface area contributed by atoms with Gasteiger partial charge in [0.25, 0.3) is 11.8 Å². The zero-order valence-electron chi connectivity index (χ0n) is 16.6. The maximum Gasteiger partial charge on any atom is 0.333 e. The standard InChI is InChI=1S/C22H18F4N2O4/c23-10-21(24)8-17(28-11-21)20(31)32-18(29)9-27-19(30)12-5-6-16-14(7-12)13-3-1-2-4-15(13)22(16,25)26/h1-7,17,28H,8-11H2,(H,27,30)/t17-,21+/m1/s1. The van der Waals surface area contributed by atoms with E-state index in [0.717, 1.165) is 6.07 Å². The molecule has 1 aliphatic heterocycles. The van der Waals surface area contributed by atoms with Crippen LogP contribution in [-0.4, -0.2) is 49.3 Å². The van der Waals surface area contributed by atoms with E-state index in [1.54, 1.807) is 6.07 Å². The van der Waals surface area contributed by atoms with Gasteiger partial charge in [0.1, 0.15) is 19.3 Å². The molecule has 2 aliphatic rings. The van der Waals surface area contributed by atoms with E-state index >= 15 is 0 Å². The number of rotatable bonds is 5. The fourth-order valence-corrected chi connectivity index (χ4v) is 3.88. The van der Waals surface area contributed by atoms with Crippen LogP contribution in [-0.2, 0) is 20.2 Å². The number of benzene rings is 2. The van der Waals surface area contributed by atoms with E-state index in [9.17, 15) is 31.9 Å². The van der Waals surface area contributed by atoms with Crippen LogP contribution in [0.25, 0.3) is 11.1 Å². The van der Waals surface area contributed by atoms with Crippen molar-refractivity contribution in [2.24, 2.45) is 0 Å². The quantitative estimate of drug-likeness (QED) is 0.416. The second kappa shape index (κ2) is 8.01. The van der Waals surface area contributed by atoms with Crippen LogP contribution < -0.4 is 10.6 Å². The lowest BCUT2D eigenvalue weighted by Gasteiger charge is -2.13. The Morgan fingerprint density at radius 2 is 1.78 bits per heavy atom. The van der Waals surface area contributed by atoms with Gasteiger partial charge >= 0.3 is 11.9 Å². The van der Waals surface area contributed by atoms with Gasteiger partial charge in [-0.25, -0.2) is 18.4 Å². The average Bonchev–Trinajstić information content (AvgIpc) is 3.29. The van der Waals surface area contributed by atoms with Crippen molar-refractivity contribution in [2.45, 2.75) is 24.1 Å². The fourth-order valence-electron chi connectivity index (χ4n) is 3.88. The largest absolute Gasteiger partial charge is 0.391 e. The Morgan fingerprint density at radius 1 is 1.06 bits per heavy atom. The molecule has 0 aromatic heterocycles. The Morgan fingerprint density at radius 3 is 2.50 bits per heavy atom. The summed E-state index contributed by atoms with van der Waals surface area (Å²) in [6, 6.07) is 8.48. The van der Waals surface area contributed by atoms with Crippen molar-refractivity contribution in [3.63, 3.8) is 0 Å². The Hall–Kier alpha value is -3.27. The van der Waals surface area contributed by atoms with Crippen LogP contribution in [0.2, 0.25) is 0 Å². The van der Waals surface area contributed by atoms with Gasteiger partial charge in [-0.2, -0.15) is 8.78 Å². The lowest BCUT2D eigenvalue weighted by Crippen LogP contribution is -2.37. The second-order valence-corrected chi connectivity index (χ2v) is 7.78. The first-order valence-corrected chi connectivity index (χ1v) is 9.78. The highest BCUT2D eigenvalue weighted by Gasteiger charge is 2.45. The summed E-state index contributed by atoms with van der Waals surface area (Å²) in [5, 5.41) is 4.69. The molecule has 0 radical (unpaired) electrons. The summed E-state index contributed by atoms with van der Waals surface area (Å²) < 4.78 is 60.2. The van der Waals surface area contributed by atoms with Gasteiger partial charge in [-0.1, -0.05) is 30.3 Å². The summed E-state index contributed by atoms with van der Waals surface area (Å²) in [6.07, 6.45) is -0.469. The van der Waals surface area contributed by atoms with E-state index in [1.165, 1.54) is 30.3 Å². The van der Waals surface area contributed by atoms with Gasteiger partial charge in [-0.3, -0.25) is 4.79 Å². The smallest absolute Gasteiger partial charge is 0.333 e. The minimum atomic E-state index is -3.18. The van der Waals surface area contributed by atoms with Crippen molar-refractivity contribution in [3.8, 4) is 11.1 Å². The molecule has 1 heterocycles. The van der Waals surface area contributed by atoms with Crippen molar-refractivity contribution in [2.75, 3.05) is 19.8 Å². The van der Waals surface area contributed by atoms with E-state index in [1.807, 2.05) is 0 Å². The number of hydrogen-bond acceptors (Lipinski definition) is 5. The summed E-state index contributed by atoms with van der Waals surface area (Å²) in [5.74, 6) is -6.09. The van der Waals surface area contributed by atoms with Crippen LogP contribution in [0.5, 0.6) is 0 Å². The molecule has 1 saturated heterocycles. The van der Waals surface area contributed by atoms with Crippen molar-refractivity contribution in [3.05, 3.63) is 59.2 Å². The third-order valence-electron chi connectivity index (χ3n) is 5.54. The number of nitrogens with one attached hydrogen (secondary N) is 2. The van der Waals surface area contributed by atoms with E-state index in [2.05, 4.69) is 15.4 Å². The normalized spacial score (nSPS) is 22.7. The number of halogens is 4. The minimum absolute atomic E-state index is 0.0398. The lowest BCUT2D eigenvalue weighted by molar-refractivity contribution is -0.160. The van der Waals surface area contributed by atoms with E-state index in [0.29, 0.717) is 5.56 Å². The molecule has 0 unspecified atom stereocenters. The molecule has 2 atom stereocenters. The highest BCUT2D eigenvalue weighted by molar-refractivity contribution is 5.99. The Balaban J connectivity index is 1.38. The Kier molecular flexibility index (Phi) is 5.49. The SMILES string of the molecule is O=C(CNC(=O)c1ccc2c(c1)-c1ccccc1C2(F)F)OC(=O)[C@H]1C[C@](F)(CF)CN1. The number of amides is 1. The summed E-state index contributed by atoms with van der Waals surface area (Å²) in [7, 11) is 0. The van der Waals surface area contributed by atoms with Crippen molar-refractivity contribution < 1.29 is 36.7 Å². The Bertz CT molecular complexity index is 1110. The molecule has 4 rings (SSSR count). The zero-order valence-corrected chi connectivity index (χ0v) is 16.6. The van der Waals surface area contributed by atoms with Crippen molar-refractivity contribution >= 4 is 17.8 Å². The third kappa shape index (κ3) is 3.86. The first kappa shape index (κ1) is 21.9. The molecule has 6 nitrogen and oxygen atoms in total. The molecule has 0 bridgehead atoms. The number of fused-ring (bicyclic) bond motifs is 3. The fraction of sp³-hybridized carbons (Fsp3) is 0.318. The predicted octanol–water partition coefficient (Wildman–Crippen LogP) is 2.65. The van der Waals surface area contributed by atoms with Crippen LogP contribution in [0.15, 0.2) is 42.5 Å². The van der Waals surface area contributed by atoms with Gasteiger partial charge < -0.3 is 15.4 Å². The summed E-state index contributed by atoms with van der Waals surface area (Å²) in [6.45, 7) is -2.33. The molecule has 1 fully saturated rings. The van der Waals surface area contributed by atoms with Crippen LogP contribution >= 0.6 is 0 Å². The van der Waals surface area contributed by atoms with E-state index in [-0.39, 0.29) is 28.8 Å². The van der Waals surface area contributed by atoms with Crippen molar-refractivity contribution in [1.29, 1.82) is 0 Å². The van der Waals surface area contributed by atoms with Gasteiger partial charge in [-0.15, -0.1) is 0 Å². The lowest BCUT2D eigenvalue weighted by atomic mass is 10.0. The maximum atomic E-state index is 14.6. The molecular formula is C22H18F4N2O4. The van der Waals surface area contributed by atoms with Gasteiger partial charge in [0.15, 0.2) is 5.67 Å². The highest BCUT2D eigenvalue weighted by atomic mass is 19.3. The number of esters is 2. The summed E-state index contributed by atoms with van der Waals surface area (Å²) >= 11 is 0. The Labute approximate surface area is 179 Å². The molecule has 1 aliphatic carbocycles. The number of hydrogen-bond donors (Lipinski definition) is 2. The van der Waals surface area contributed by atoms with Crippen LogP contribution in [0.4, 0.5) is 17.6 Å². The van der Waals surface area contributed by atoms with Crippen molar-refractivity contribution in [1.82, 2.24) is 10.6 Å². The molecule has 0 spiro atoms. The highest BCUT2D eigenvalue weighted by Crippen LogP contribution is 2.50. The van der Waals surface area contributed by atoms with Gasteiger partial charge in [0.05, 0.1) is 0 Å². The molecule has 2 aromatic rings. The molecular weight excluding hydrogens is 432 g/mol. The van der Waals surface area contributed by atoms with Crippen LogP contribution in [0.1, 0.15) is 27.9 Å². The van der Waals surface area contributed by atoms with Gasteiger partial charge in [-0.05, 0) is 23.3 Å². The van der Waals surface area contributed by atoms with Crippen LogP contribution in [0, 0.1) is 0 Å². The number of ether oxygens (including phenoxy) is 1. The molecule has 10 heteroatoms. The van der Waals surface area contributed by atoms with Crippen LogP contribution in [0.3, 0.4) is 0 Å². The van der Waals surface area contributed by atoms with E-state index in [4.69, 9.17) is 0 Å². The monoisotopic (exact) mass is 450 g/mol. The number of alkyl halides is 4. The molecule has 2 aromatic carbocycles. The average molecular weight is 450 g/mol. The maximum absolute atomic E-state index is 14.6. The zero-order chi connectivity index (χ0) is 23.1. The third-order valence-corrected chi connectivity index (χ3v) is 5.54. The topological polar surface area (TPSA) is 84.5 Å².